The van der Waals surface area contributed by atoms with Gasteiger partial charge >= 0.3 is 0 Å². The van der Waals surface area contributed by atoms with Gasteiger partial charge < -0.3 is 14.9 Å². The number of carbonyl (C=O) groups is 1. The van der Waals surface area contributed by atoms with E-state index in [2.05, 4.69) is 20.9 Å². The van der Waals surface area contributed by atoms with Gasteiger partial charge in [0.1, 0.15) is 5.82 Å². The second-order valence-electron chi connectivity index (χ2n) is 5.82. The molecule has 5 heteroatoms. The second kappa shape index (κ2) is 5.02. The van der Waals surface area contributed by atoms with Gasteiger partial charge in [0.05, 0.1) is 23.1 Å². The van der Waals surface area contributed by atoms with Gasteiger partial charge in [0, 0.05) is 17.9 Å². The molecule has 5 nitrogen and oxygen atoms in total. The molecule has 0 unspecified atom stereocenters. The summed E-state index contributed by atoms with van der Waals surface area (Å²) in [5, 5.41) is 2.98. The predicted molar refractivity (Wildman–Crippen MR) is 84.7 cm³/mol. The summed E-state index contributed by atoms with van der Waals surface area (Å²) in [5.74, 6) is 0.874. The van der Waals surface area contributed by atoms with Crippen molar-refractivity contribution >= 4 is 16.9 Å². The van der Waals surface area contributed by atoms with Crippen molar-refractivity contribution in [1.82, 2.24) is 19.9 Å². The highest BCUT2D eigenvalue weighted by molar-refractivity contribution is 5.95. The number of amides is 1. The zero-order valence-electron chi connectivity index (χ0n) is 12.5. The minimum Gasteiger partial charge on any atom is -0.365 e. The monoisotopic (exact) mass is 294 g/mol. The van der Waals surface area contributed by atoms with E-state index in [9.17, 15) is 4.79 Å². The van der Waals surface area contributed by atoms with Crippen LogP contribution in [0.1, 0.15) is 40.8 Å². The Labute approximate surface area is 128 Å². The van der Waals surface area contributed by atoms with E-state index in [1.807, 2.05) is 25.1 Å². The minimum absolute atomic E-state index is 0.0619. The van der Waals surface area contributed by atoms with Crippen LogP contribution < -0.4 is 5.32 Å². The molecule has 0 spiro atoms. The lowest BCUT2D eigenvalue weighted by Gasteiger charge is -2.09. The largest absolute Gasteiger partial charge is 0.365 e. The molecule has 1 saturated carbocycles. The van der Waals surface area contributed by atoms with E-state index in [1.54, 1.807) is 12.3 Å². The first-order valence-corrected chi connectivity index (χ1v) is 7.62. The molecular formula is C17H18N4O. The molecule has 0 atom stereocenters. The van der Waals surface area contributed by atoms with Crippen LogP contribution in [0.25, 0.3) is 11.0 Å². The number of fused-ring (bicyclic) bond motifs is 1. The standard InChI is InChI=1S/C17H18N4O/c1-11-13(8-9-18-11)17(22)19-10-16-20-14-4-2-3-5-15(14)21(16)12-6-7-12/h2-5,8-9,12,18H,6-7,10H2,1H3,(H,19,22). The number of para-hydroxylation sites is 2. The molecule has 3 aromatic rings. The molecule has 0 bridgehead atoms. The number of carbonyl (C=O) groups excluding carboxylic acids is 1. The number of benzene rings is 1. The summed E-state index contributed by atoms with van der Waals surface area (Å²) < 4.78 is 2.28. The maximum atomic E-state index is 12.2. The molecular weight excluding hydrogens is 276 g/mol. The van der Waals surface area contributed by atoms with E-state index in [0.29, 0.717) is 18.2 Å². The van der Waals surface area contributed by atoms with Gasteiger partial charge in [0.25, 0.3) is 5.91 Å². The Morgan fingerprint density at radius 1 is 1.36 bits per heavy atom. The molecule has 2 N–H and O–H groups in total. The normalized spacial score (nSPS) is 14.4. The van der Waals surface area contributed by atoms with E-state index >= 15 is 0 Å². The van der Waals surface area contributed by atoms with Crippen molar-refractivity contribution in [1.29, 1.82) is 0 Å². The van der Waals surface area contributed by atoms with Crippen LogP contribution in [0.2, 0.25) is 0 Å². The van der Waals surface area contributed by atoms with Crippen LogP contribution >= 0.6 is 0 Å². The fraction of sp³-hybridized carbons (Fsp3) is 0.294. The zero-order valence-corrected chi connectivity index (χ0v) is 12.5. The summed E-state index contributed by atoms with van der Waals surface area (Å²) in [6.07, 6.45) is 4.17. The molecule has 2 aromatic heterocycles. The van der Waals surface area contributed by atoms with Crippen molar-refractivity contribution in [2.45, 2.75) is 32.4 Å². The number of nitrogens with one attached hydrogen (secondary N) is 2. The SMILES string of the molecule is Cc1[nH]ccc1C(=O)NCc1nc2ccccc2n1C1CC1. The molecule has 22 heavy (non-hydrogen) atoms. The first kappa shape index (κ1) is 13.1. The fourth-order valence-electron chi connectivity index (χ4n) is 2.91. The van der Waals surface area contributed by atoms with E-state index in [4.69, 9.17) is 4.98 Å². The number of hydrogen-bond acceptors (Lipinski definition) is 2. The summed E-state index contributed by atoms with van der Waals surface area (Å²) in [7, 11) is 0. The summed E-state index contributed by atoms with van der Waals surface area (Å²) in [4.78, 5) is 20.0. The molecule has 4 rings (SSSR count). The number of imidazole rings is 1. The number of aromatic amines is 1. The second-order valence-corrected chi connectivity index (χ2v) is 5.82. The Bertz CT molecular complexity index is 841. The average molecular weight is 294 g/mol. The lowest BCUT2D eigenvalue weighted by molar-refractivity contribution is 0.0949. The first-order valence-electron chi connectivity index (χ1n) is 7.62. The molecule has 0 aliphatic heterocycles. The molecule has 1 aromatic carbocycles. The lowest BCUT2D eigenvalue weighted by Crippen LogP contribution is -2.25. The van der Waals surface area contributed by atoms with Crippen LogP contribution in [0.4, 0.5) is 0 Å². The average Bonchev–Trinajstić information content (AvgIpc) is 3.15. The highest BCUT2D eigenvalue weighted by Gasteiger charge is 2.28. The maximum Gasteiger partial charge on any atom is 0.253 e. The van der Waals surface area contributed by atoms with Gasteiger partial charge in [-0.2, -0.15) is 0 Å². The minimum atomic E-state index is -0.0619. The molecule has 112 valence electrons. The Kier molecular flexibility index (Phi) is 2.99. The molecule has 0 radical (unpaired) electrons. The van der Waals surface area contributed by atoms with Gasteiger partial charge in [-0.05, 0) is 38.0 Å². The fourth-order valence-corrected chi connectivity index (χ4v) is 2.91. The number of aryl methyl sites for hydroxylation is 1. The van der Waals surface area contributed by atoms with E-state index in [-0.39, 0.29) is 5.91 Å². The Balaban J connectivity index is 1.60. The first-order chi connectivity index (χ1) is 10.7. The highest BCUT2D eigenvalue weighted by atomic mass is 16.1. The van der Waals surface area contributed by atoms with Crippen LogP contribution in [0.15, 0.2) is 36.5 Å². The molecule has 2 heterocycles. The van der Waals surface area contributed by atoms with Crippen molar-refractivity contribution in [3.05, 3.63) is 53.6 Å². The predicted octanol–water partition coefficient (Wildman–Crippen LogP) is 2.94. The van der Waals surface area contributed by atoms with Crippen molar-refractivity contribution < 1.29 is 4.79 Å². The third-order valence-electron chi connectivity index (χ3n) is 4.19. The van der Waals surface area contributed by atoms with E-state index in [0.717, 1.165) is 22.6 Å². The number of rotatable bonds is 4. The van der Waals surface area contributed by atoms with Crippen LogP contribution in [0, 0.1) is 6.92 Å². The quantitative estimate of drug-likeness (QED) is 0.777. The van der Waals surface area contributed by atoms with Gasteiger partial charge in [0.2, 0.25) is 0 Å². The van der Waals surface area contributed by atoms with Gasteiger partial charge in [-0.25, -0.2) is 4.98 Å². The lowest BCUT2D eigenvalue weighted by atomic mass is 10.2. The van der Waals surface area contributed by atoms with Gasteiger partial charge in [-0.3, -0.25) is 4.79 Å². The van der Waals surface area contributed by atoms with Crippen LogP contribution in [-0.4, -0.2) is 20.4 Å². The molecule has 1 aliphatic rings. The molecule has 1 fully saturated rings. The van der Waals surface area contributed by atoms with Gasteiger partial charge in [0.15, 0.2) is 0 Å². The molecule has 1 amide bonds. The van der Waals surface area contributed by atoms with Gasteiger partial charge in [-0.1, -0.05) is 12.1 Å². The van der Waals surface area contributed by atoms with Crippen LogP contribution in [0.5, 0.6) is 0 Å². The summed E-state index contributed by atoms with van der Waals surface area (Å²) >= 11 is 0. The summed E-state index contributed by atoms with van der Waals surface area (Å²) in [5.41, 5.74) is 3.73. The number of hydrogen-bond donors (Lipinski definition) is 2. The van der Waals surface area contributed by atoms with Crippen molar-refractivity contribution in [2.75, 3.05) is 0 Å². The maximum absolute atomic E-state index is 12.2. The highest BCUT2D eigenvalue weighted by Crippen LogP contribution is 2.38. The van der Waals surface area contributed by atoms with E-state index < -0.39 is 0 Å². The third-order valence-corrected chi connectivity index (χ3v) is 4.19. The summed E-state index contributed by atoms with van der Waals surface area (Å²) in [6, 6.07) is 10.5. The number of H-pyrrole nitrogens is 1. The molecule has 0 saturated heterocycles. The topological polar surface area (TPSA) is 62.7 Å². The van der Waals surface area contributed by atoms with Crippen molar-refractivity contribution in [3.63, 3.8) is 0 Å². The Morgan fingerprint density at radius 2 is 2.18 bits per heavy atom. The van der Waals surface area contributed by atoms with Crippen LogP contribution in [0.3, 0.4) is 0 Å². The smallest absolute Gasteiger partial charge is 0.253 e. The zero-order chi connectivity index (χ0) is 15.1. The summed E-state index contributed by atoms with van der Waals surface area (Å²) in [6.45, 7) is 2.35. The Hall–Kier alpha value is -2.56. The van der Waals surface area contributed by atoms with Gasteiger partial charge in [-0.15, -0.1) is 0 Å². The third kappa shape index (κ3) is 2.19. The van der Waals surface area contributed by atoms with Crippen molar-refractivity contribution in [3.8, 4) is 0 Å². The number of nitrogens with zero attached hydrogens (tertiary/aromatic N) is 2. The van der Waals surface area contributed by atoms with E-state index in [1.165, 1.54) is 12.8 Å². The van der Waals surface area contributed by atoms with Crippen LogP contribution in [-0.2, 0) is 6.54 Å². The Morgan fingerprint density at radius 3 is 2.91 bits per heavy atom. The number of aromatic nitrogens is 3. The van der Waals surface area contributed by atoms with Crippen molar-refractivity contribution in [2.24, 2.45) is 0 Å². The molecule has 1 aliphatic carbocycles.